The summed E-state index contributed by atoms with van der Waals surface area (Å²) in [5, 5.41) is 0. The van der Waals surface area contributed by atoms with Crippen molar-refractivity contribution < 1.29 is 14.3 Å². The highest BCUT2D eigenvalue weighted by atomic mass is 16.5. The highest BCUT2D eigenvalue weighted by Crippen LogP contribution is 2.21. The molecule has 2 amide bonds. The van der Waals surface area contributed by atoms with Crippen LogP contribution in [0.2, 0.25) is 0 Å². The predicted octanol–water partition coefficient (Wildman–Crippen LogP) is 1.88. The summed E-state index contributed by atoms with van der Waals surface area (Å²) in [6, 6.07) is 7.67. The fourth-order valence-corrected chi connectivity index (χ4v) is 2.77. The molecule has 0 aliphatic carbocycles. The zero-order valence-electron chi connectivity index (χ0n) is 13.2. The van der Waals surface area contributed by atoms with E-state index in [4.69, 9.17) is 10.5 Å². The average molecular weight is 304 g/mol. The molecule has 1 aliphatic rings. The van der Waals surface area contributed by atoms with Crippen molar-refractivity contribution in [1.82, 2.24) is 4.90 Å². The van der Waals surface area contributed by atoms with Crippen molar-refractivity contribution in [2.24, 2.45) is 11.7 Å². The van der Waals surface area contributed by atoms with Gasteiger partial charge in [0.15, 0.2) is 6.10 Å². The average Bonchev–Trinajstić information content (AvgIpc) is 2.49. The Hall–Kier alpha value is -2.04. The Kier molecular flexibility index (Phi) is 5.41. The van der Waals surface area contributed by atoms with E-state index in [-0.39, 0.29) is 11.8 Å². The summed E-state index contributed by atoms with van der Waals surface area (Å²) in [5.41, 5.74) is 6.38. The zero-order chi connectivity index (χ0) is 16.1. The molecule has 1 aromatic rings. The topological polar surface area (TPSA) is 72.6 Å². The summed E-state index contributed by atoms with van der Waals surface area (Å²) in [7, 11) is 0. The molecule has 1 aliphatic heterocycles. The van der Waals surface area contributed by atoms with Crippen LogP contribution in [0.25, 0.3) is 0 Å². The fraction of sp³-hybridized carbons (Fsp3) is 0.529. The first-order valence-corrected chi connectivity index (χ1v) is 7.76. The number of likely N-dealkylation sites (tertiary alicyclic amines) is 1. The maximum atomic E-state index is 12.4. The minimum Gasteiger partial charge on any atom is -0.481 e. The van der Waals surface area contributed by atoms with Gasteiger partial charge in [0.05, 0.1) is 0 Å². The minimum absolute atomic E-state index is 0.00176. The molecule has 1 unspecified atom stereocenters. The van der Waals surface area contributed by atoms with E-state index >= 15 is 0 Å². The van der Waals surface area contributed by atoms with Gasteiger partial charge in [-0.3, -0.25) is 9.59 Å². The van der Waals surface area contributed by atoms with E-state index in [1.807, 2.05) is 36.1 Å². The summed E-state index contributed by atoms with van der Waals surface area (Å²) in [6.45, 7) is 5.11. The van der Waals surface area contributed by atoms with Gasteiger partial charge in [-0.25, -0.2) is 0 Å². The standard InChI is InChI=1S/C17H24N2O3/c1-12-3-5-15(6-4-12)22-13(2)17(21)19-9-7-14(8-10-19)11-16(18)20/h3-6,13-14H,7-11H2,1-2H3,(H2,18,20). The second kappa shape index (κ2) is 7.29. The largest absolute Gasteiger partial charge is 0.481 e. The Labute approximate surface area is 131 Å². The lowest BCUT2D eigenvalue weighted by molar-refractivity contribution is -0.139. The van der Waals surface area contributed by atoms with Gasteiger partial charge in [0.2, 0.25) is 5.91 Å². The van der Waals surface area contributed by atoms with E-state index in [0.717, 1.165) is 18.4 Å². The first-order valence-electron chi connectivity index (χ1n) is 7.76. The Morgan fingerprint density at radius 2 is 1.86 bits per heavy atom. The molecule has 0 bridgehead atoms. The molecule has 120 valence electrons. The second-order valence-corrected chi connectivity index (χ2v) is 6.01. The summed E-state index contributed by atoms with van der Waals surface area (Å²) in [5.74, 6) is 0.740. The molecule has 0 spiro atoms. The van der Waals surface area contributed by atoms with Gasteiger partial charge in [0, 0.05) is 19.5 Å². The molecule has 0 aromatic heterocycles. The molecule has 2 N–H and O–H groups in total. The summed E-state index contributed by atoms with van der Waals surface area (Å²) in [6.07, 6.45) is 1.56. The monoisotopic (exact) mass is 304 g/mol. The molecule has 1 heterocycles. The second-order valence-electron chi connectivity index (χ2n) is 6.01. The first-order chi connectivity index (χ1) is 10.5. The molecule has 1 fully saturated rings. The lowest BCUT2D eigenvalue weighted by Gasteiger charge is -2.33. The van der Waals surface area contributed by atoms with Gasteiger partial charge in [-0.2, -0.15) is 0 Å². The van der Waals surface area contributed by atoms with Crippen molar-refractivity contribution in [2.75, 3.05) is 13.1 Å². The normalized spacial score (nSPS) is 17.1. The van der Waals surface area contributed by atoms with E-state index in [1.54, 1.807) is 6.92 Å². The predicted molar refractivity (Wildman–Crippen MR) is 84.4 cm³/mol. The number of aryl methyl sites for hydroxylation is 1. The van der Waals surface area contributed by atoms with Crippen LogP contribution in [-0.2, 0) is 9.59 Å². The van der Waals surface area contributed by atoms with E-state index in [1.165, 1.54) is 0 Å². The lowest BCUT2D eigenvalue weighted by atomic mass is 9.93. The number of primary amides is 1. The van der Waals surface area contributed by atoms with Crippen LogP contribution in [0.5, 0.6) is 5.75 Å². The van der Waals surface area contributed by atoms with Crippen LogP contribution < -0.4 is 10.5 Å². The molecule has 5 nitrogen and oxygen atoms in total. The smallest absolute Gasteiger partial charge is 0.263 e. The van der Waals surface area contributed by atoms with Crippen molar-refractivity contribution in [2.45, 2.75) is 39.2 Å². The maximum absolute atomic E-state index is 12.4. The molecule has 1 aromatic carbocycles. The molecule has 1 saturated heterocycles. The highest BCUT2D eigenvalue weighted by Gasteiger charge is 2.27. The molecule has 2 rings (SSSR count). The van der Waals surface area contributed by atoms with Gasteiger partial charge >= 0.3 is 0 Å². The van der Waals surface area contributed by atoms with E-state index in [0.29, 0.717) is 31.2 Å². The van der Waals surface area contributed by atoms with Crippen LogP contribution in [0.4, 0.5) is 0 Å². The molecular formula is C17H24N2O3. The van der Waals surface area contributed by atoms with Crippen molar-refractivity contribution in [3.05, 3.63) is 29.8 Å². The van der Waals surface area contributed by atoms with Gasteiger partial charge in [-0.15, -0.1) is 0 Å². The van der Waals surface area contributed by atoms with Crippen LogP contribution in [-0.4, -0.2) is 35.9 Å². The van der Waals surface area contributed by atoms with Gasteiger partial charge in [-0.1, -0.05) is 17.7 Å². The van der Waals surface area contributed by atoms with Crippen molar-refractivity contribution in [3.63, 3.8) is 0 Å². The Balaban J connectivity index is 1.84. The zero-order valence-corrected chi connectivity index (χ0v) is 13.2. The number of ether oxygens (including phenoxy) is 1. The maximum Gasteiger partial charge on any atom is 0.263 e. The van der Waals surface area contributed by atoms with Crippen LogP contribution in [0.15, 0.2) is 24.3 Å². The molecule has 5 heteroatoms. The third-order valence-corrected chi connectivity index (χ3v) is 4.10. The number of amides is 2. The number of hydrogen-bond donors (Lipinski definition) is 1. The van der Waals surface area contributed by atoms with Crippen LogP contribution in [0, 0.1) is 12.8 Å². The van der Waals surface area contributed by atoms with Crippen LogP contribution in [0.3, 0.4) is 0 Å². The number of rotatable bonds is 5. The van der Waals surface area contributed by atoms with Crippen molar-refractivity contribution in [1.29, 1.82) is 0 Å². The molecule has 22 heavy (non-hydrogen) atoms. The number of piperidine rings is 1. The van der Waals surface area contributed by atoms with Crippen molar-refractivity contribution in [3.8, 4) is 5.75 Å². The number of carbonyl (C=O) groups is 2. The van der Waals surface area contributed by atoms with Crippen LogP contribution >= 0.6 is 0 Å². The van der Waals surface area contributed by atoms with Crippen molar-refractivity contribution >= 4 is 11.8 Å². The molecular weight excluding hydrogens is 280 g/mol. The first kappa shape index (κ1) is 16.3. The highest BCUT2D eigenvalue weighted by molar-refractivity contribution is 5.81. The third-order valence-electron chi connectivity index (χ3n) is 4.10. The number of carbonyl (C=O) groups excluding carboxylic acids is 2. The lowest BCUT2D eigenvalue weighted by Crippen LogP contribution is -2.45. The Morgan fingerprint density at radius 3 is 2.41 bits per heavy atom. The number of benzene rings is 1. The fourth-order valence-electron chi connectivity index (χ4n) is 2.77. The third kappa shape index (κ3) is 4.48. The Bertz CT molecular complexity index is 519. The number of hydrogen-bond acceptors (Lipinski definition) is 3. The molecule has 1 atom stereocenters. The molecule has 0 radical (unpaired) electrons. The van der Waals surface area contributed by atoms with Crippen LogP contribution in [0.1, 0.15) is 31.7 Å². The van der Waals surface area contributed by atoms with Gasteiger partial charge in [0.1, 0.15) is 5.75 Å². The summed E-state index contributed by atoms with van der Waals surface area (Å²) < 4.78 is 5.71. The van der Waals surface area contributed by atoms with E-state index in [9.17, 15) is 9.59 Å². The number of nitrogens with two attached hydrogens (primary N) is 1. The van der Waals surface area contributed by atoms with Gasteiger partial charge < -0.3 is 15.4 Å². The van der Waals surface area contributed by atoms with E-state index < -0.39 is 6.10 Å². The van der Waals surface area contributed by atoms with Gasteiger partial charge in [0.25, 0.3) is 5.91 Å². The minimum atomic E-state index is -0.504. The SMILES string of the molecule is Cc1ccc(OC(C)C(=O)N2CCC(CC(N)=O)CC2)cc1. The molecule has 0 saturated carbocycles. The van der Waals surface area contributed by atoms with E-state index in [2.05, 4.69) is 0 Å². The number of nitrogens with zero attached hydrogens (tertiary/aromatic N) is 1. The van der Waals surface area contributed by atoms with Gasteiger partial charge in [-0.05, 0) is 44.7 Å². The quantitative estimate of drug-likeness (QED) is 0.902. The summed E-state index contributed by atoms with van der Waals surface area (Å²) >= 11 is 0. The summed E-state index contributed by atoms with van der Waals surface area (Å²) in [4.78, 5) is 25.2. The Morgan fingerprint density at radius 1 is 1.27 bits per heavy atom.